The van der Waals surface area contributed by atoms with Gasteiger partial charge in [0.05, 0.1) is 12.5 Å². The number of methoxy groups -OCH3 is 1. The number of fused-ring (bicyclic) bond motifs is 5. The van der Waals surface area contributed by atoms with Gasteiger partial charge in [-0.3, -0.25) is 4.79 Å². The van der Waals surface area contributed by atoms with Gasteiger partial charge in [-0.2, -0.15) is 0 Å². The number of terminal acetylenes is 1. The van der Waals surface area contributed by atoms with Crippen LogP contribution in [-0.4, -0.2) is 13.1 Å². The van der Waals surface area contributed by atoms with Crippen molar-refractivity contribution in [2.24, 2.45) is 40.9 Å². The molecule has 0 aliphatic heterocycles. The molecular formula is C16H22O2. The van der Waals surface area contributed by atoms with E-state index in [1.54, 1.807) is 0 Å². The van der Waals surface area contributed by atoms with Crippen LogP contribution in [0.5, 0.6) is 0 Å². The second kappa shape index (κ2) is 3.76. The maximum absolute atomic E-state index is 12.1. The predicted molar refractivity (Wildman–Crippen MR) is 69.4 cm³/mol. The summed E-state index contributed by atoms with van der Waals surface area (Å²) in [6.07, 6.45) is 9.05. The van der Waals surface area contributed by atoms with Crippen LogP contribution in [0.1, 0.15) is 33.1 Å². The van der Waals surface area contributed by atoms with Gasteiger partial charge in [0.1, 0.15) is 0 Å². The SMILES string of the molecule is C#CC1CC(C)C2C3CC(C12)C(C)(C(=O)OC)C3. The summed E-state index contributed by atoms with van der Waals surface area (Å²) in [6, 6.07) is 0. The van der Waals surface area contributed by atoms with Crippen molar-refractivity contribution < 1.29 is 9.53 Å². The van der Waals surface area contributed by atoms with E-state index in [0.717, 1.165) is 24.7 Å². The minimum Gasteiger partial charge on any atom is -0.469 e. The molecule has 0 aromatic carbocycles. The zero-order valence-corrected chi connectivity index (χ0v) is 11.5. The lowest BCUT2D eigenvalue weighted by atomic mass is 9.64. The number of rotatable bonds is 1. The molecule has 0 aromatic heterocycles. The zero-order chi connectivity index (χ0) is 13.1. The lowest BCUT2D eigenvalue weighted by Crippen LogP contribution is -2.42. The third-order valence-corrected chi connectivity index (χ3v) is 6.13. The Bertz CT molecular complexity index is 421. The fraction of sp³-hybridized carbons (Fsp3) is 0.812. The third kappa shape index (κ3) is 1.28. The molecule has 0 aromatic rings. The smallest absolute Gasteiger partial charge is 0.311 e. The molecule has 7 atom stereocenters. The van der Waals surface area contributed by atoms with E-state index in [1.807, 2.05) is 0 Å². The Hall–Kier alpha value is -0.970. The topological polar surface area (TPSA) is 26.3 Å². The van der Waals surface area contributed by atoms with E-state index in [1.165, 1.54) is 13.5 Å². The number of carbonyl (C=O) groups is 1. The van der Waals surface area contributed by atoms with Gasteiger partial charge in [0, 0.05) is 5.92 Å². The van der Waals surface area contributed by atoms with Crippen LogP contribution >= 0.6 is 0 Å². The van der Waals surface area contributed by atoms with E-state index < -0.39 is 0 Å². The first kappa shape index (κ1) is 12.1. The molecule has 0 saturated heterocycles. The molecule has 3 rings (SSSR count). The van der Waals surface area contributed by atoms with Crippen molar-refractivity contribution >= 4 is 5.97 Å². The zero-order valence-electron chi connectivity index (χ0n) is 11.5. The fourth-order valence-corrected chi connectivity index (χ4v) is 5.58. The predicted octanol–water partition coefficient (Wildman–Crippen LogP) is 2.73. The van der Waals surface area contributed by atoms with Crippen LogP contribution < -0.4 is 0 Å². The molecule has 0 amide bonds. The highest BCUT2D eigenvalue weighted by Gasteiger charge is 2.65. The molecule has 0 spiro atoms. The van der Waals surface area contributed by atoms with Crippen molar-refractivity contribution in [2.75, 3.05) is 7.11 Å². The summed E-state index contributed by atoms with van der Waals surface area (Å²) in [5.41, 5.74) is -0.278. The summed E-state index contributed by atoms with van der Waals surface area (Å²) >= 11 is 0. The lowest BCUT2D eigenvalue weighted by molar-refractivity contribution is -0.157. The number of hydrogen-bond donors (Lipinski definition) is 0. The number of carbonyl (C=O) groups excluding carboxylic acids is 1. The van der Waals surface area contributed by atoms with Crippen molar-refractivity contribution in [1.29, 1.82) is 0 Å². The monoisotopic (exact) mass is 246 g/mol. The summed E-state index contributed by atoms with van der Waals surface area (Å²) in [6.45, 7) is 4.43. The normalized spacial score (nSPS) is 53.0. The number of esters is 1. The summed E-state index contributed by atoms with van der Waals surface area (Å²) in [4.78, 5) is 12.1. The molecule has 2 heteroatoms. The summed E-state index contributed by atoms with van der Waals surface area (Å²) in [5, 5.41) is 0. The van der Waals surface area contributed by atoms with Crippen LogP contribution in [0.2, 0.25) is 0 Å². The van der Waals surface area contributed by atoms with E-state index in [4.69, 9.17) is 11.2 Å². The molecule has 7 unspecified atom stereocenters. The first-order valence-electron chi connectivity index (χ1n) is 7.07. The van der Waals surface area contributed by atoms with Gasteiger partial charge >= 0.3 is 5.97 Å². The summed E-state index contributed by atoms with van der Waals surface area (Å²) in [7, 11) is 1.51. The standard InChI is InChI=1S/C16H22O2/c1-5-10-6-9(2)13-11-7-12(14(10)13)16(3,8-11)15(17)18-4/h1,9-14H,6-8H2,2-4H3. The van der Waals surface area contributed by atoms with E-state index in [9.17, 15) is 4.79 Å². The maximum atomic E-state index is 12.1. The fourth-order valence-electron chi connectivity index (χ4n) is 5.58. The molecule has 3 saturated carbocycles. The van der Waals surface area contributed by atoms with E-state index in [2.05, 4.69) is 19.8 Å². The lowest BCUT2D eigenvalue weighted by Gasteiger charge is -2.39. The van der Waals surface area contributed by atoms with Gasteiger partial charge in [0.2, 0.25) is 0 Å². The Balaban J connectivity index is 1.94. The van der Waals surface area contributed by atoms with Crippen molar-refractivity contribution in [2.45, 2.75) is 33.1 Å². The molecule has 0 N–H and O–H groups in total. The molecular weight excluding hydrogens is 224 g/mol. The van der Waals surface area contributed by atoms with Gasteiger partial charge in [0.25, 0.3) is 0 Å². The second-order valence-electron chi connectivity index (χ2n) is 6.86. The summed E-state index contributed by atoms with van der Waals surface area (Å²) < 4.78 is 5.04. The van der Waals surface area contributed by atoms with E-state index >= 15 is 0 Å². The first-order valence-corrected chi connectivity index (χ1v) is 7.07. The molecule has 2 bridgehead atoms. The molecule has 98 valence electrons. The van der Waals surface area contributed by atoms with Gasteiger partial charge in [-0.25, -0.2) is 0 Å². The van der Waals surface area contributed by atoms with Gasteiger partial charge in [-0.1, -0.05) is 6.92 Å². The molecule has 0 heterocycles. The van der Waals surface area contributed by atoms with Crippen molar-refractivity contribution in [1.82, 2.24) is 0 Å². The largest absolute Gasteiger partial charge is 0.469 e. The van der Waals surface area contributed by atoms with Gasteiger partial charge < -0.3 is 4.74 Å². The molecule has 2 nitrogen and oxygen atoms in total. The van der Waals surface area contributed by atoms with Gasteiger partial charge in [-0.05, 0) is 55.8 Å². The summed E-state index contributed by atoms with van der Waals surface area (Å²) in [5.74, 6) is 6.54. The second-order valence-corrected chi connectivity index (χ2v) is 6.86. The van der Waals surface area contributed by atoms with Crippen molar-refractivity contribution in [3.8, 4) is 12.3 Å². The number of ether oxygens (including phenoxy) is 1. The molecule has 0 radical (unpaired) electrons. The van der Waals surface area contributed by atoms with Crippen LogP contribution in [0.3, 0.4) is 0 Å². The highest BCUT2D eigenvalue weighted by molar-refractivity contribution is 5.77. The Morgan fingerprint density at radius 3 is 2.72 bits per heavy atom. The Morgan fingerprint density at radius 1 is 1.39 bits per heavy atom. The van der Waals surface area contributed by atoms with Gasteiger partial charge in [0.15, 0.2) is 0 Å². The van der Waals surface area contributed by atoms with Crippen LogP contribution in [0, 0.1) is 53.3 Å². The van der Waals surface area contributed by atoms with Gasteiger partial charge in [-0.15, -0.1) is 12.3 Å². The van der Waals surface area contributed by atoms with E-state index in [-0.39, 0.29) is 11.4 Å². The molecule has 18 heavy (non-hydrogen) atoms. The Kier molecular flexibility index (Phi) is 2.52. The third-order valence-electron chi connectivity index (χ3n) is 6.13. The molecule has 3 aliphatic carbocycles. The van der Waals surface area contributed by atoms with Crippen molar-refractivity contribution in [3.05, 3.63) is 0 Å². The van der Waals surface area contributed by atoms with Crippen LogP contribution in [0.4, 0.5) is 0 Å². The maximum Gasteiger partial charge on any atom is 0.311 e. The number of hydrogen-bond acceptors (Lipinski definition) is 2. The average molecular weight is 246 g/mol. The van der Waals surface area contributed by atoms with E-state index in [0.29, 0.717) is 23.7 Å². The molecule has 3 fully saturated rings. The van der Waals surface area contributed by atoms with Crippen LogP contribution in [0.15, 0.2) is 0 Å². The Labute approximate surface area is 109 Å². The van der Waals surface area contributed by atoms with Crippen molar-refractivity contribution in [3.63, 3.8) is 0 Å². The highest BCUT2D eigenvalue weighted by Crippen LogP contribution is 2.68. The average Bonchev–Trinajstić information content (AvgIpc) is 2.98. The highest BCUT2D eigenvalue weighted by atomic mass is 16.5. The minimum atomic E-state index is -0.278. The quantitative estimate of drug-likeness (QED) is 0.525. The molecule has 3 aliphatic rings. The first-order chi connectivity index (χ1) is 8.52. The Morgan fingerprint density at radius 2 is 2.11 bits per heavy atom. The minimum absolute atomic E-state index is 0.0243. The van der Waals surface area contributed by atoms with Crippen LogP contribution in [-0.2, 0) is 9.53 Å². The van der Waals surface area contributed by atoms with Crippen LogP contribution in [0.25, 0.3) is 0 Å².